The lowest BCUT2D eigenvalue weighted by atomic mass is 10.3. The first-order valence-corrected chi connectivity index (χ1v) is 9.07. The fraction of sp³-hybridized carbons (Fsp3) is 0.400. The SMILES string of the molecule is CCOC1(C)Oc2cccc(OCCO)c2O1.OCCOc1cccc(O)c1O. The van der Waals surface area contributed by atoms with Crippen LogP contribution in [0.3, 0.4) is 0 Å². The maximum atomic E-state index is 9.17. The molecule has 1 heterocycles. The van der Waals surface area contributed by atoms with Crippen LogP contribution in [0.2, 0.25) is 0 Å². The van der Waals surface area contributed by atoms with Crippen molar-refractivity contribution in [3.8, 4) is 34.5 Å². The number of phenolic OH excluding ortho intramolecular Hbond substituents is 2. The largest absolute Gasteiger partial charge is 0.504 e. The Kier molecular flexibility index (Phi) is 8.20. The zero-order valence-electron chi connectivity index (χ0n) is 16.3. The van der Waals surface area contributed by atoms with Crippen LogP contribution < -0.4 is 18.9 Å². The Morgan fingerprint density at radius 1 is 0.897 bits per heavy atom. The molecule has 1 aliphatic heterocycles. The van der Waals surface area contributed by atoms with Crippen molar-refractivity contribution >= 4 is 0 Å². The Labute approximate surface area is 168 Å². The lowest BCUT2D eigenvalue weighted by Gasteiger charge is -2.21. The standard InChI is InChI=1S/C12H16O5.C8H10O4/c1-3-15-12(2)16-10-6-4-5-9(11(10)17-12)14-8-7-13;9-4-5-12-7-3-1-2-6(10)8(7)11/h4-6,13H,3,7-8H2,1-2H3;1-3,9-11H,4-5H2. The molecule has 3 rings (SSSR count). The fourth-order valence-corrected chi connectivity index (χ4v) is 2.46. The molecule has 1 unspecified atom stereocenters. The van der Waals surface area contributed by atoms with E-state index in [0.29, 0.717) is 23.9 Å². The molecule has 1 atom stereocenters. The molecule has 0 saturated heterocycles. The topological polar surface area (TPSA) is 127 Å². The van der Waals surface area contributed by atoms with Crippen LogP contribution >= 0.6 is 0 Å². The van der Waals surface area contributed by atoms with E-state index in [9.17, 15) is 0 Å². The molecule has 2 aromatic rings. The fourth-order valence-electron chi connectivity index (χ4n) is 2.46. The van der Waals surface area contributed by atoms with Crippen LogP contribution in [0.4, 0.5) is 0 Å². The van der Waals surface area contributed by atoms with Crippen LogP contribution in [0, 0.1) is 0 Å². The number of aliphatic hydroxyl groups excluding tert-OH is 2. The van der Waals surface area contributed by atoms with Gasteiger partial charge in [-0.05, 0) is 31.2 Å². The lowest BCUT2D eigenvalue weighted by molar-refractivity contribution is -0.266. The van der Waals surface area contributed by atoms with Gasteiger partial charge >= 0.3 is 5.97 Å². The van der Waals surface area contributed by atoms with Crippen molar-refractivity contribution < 1.29 is 44.1 Å². The van der Waals surface area contributed by atoms with E-state index in [0.717, 1.165) is 0 Å². The Morgan fingerprint density at radius 2 is 1.52 bits per heavy atom. The normalized spacial score (nSPS) is 16.7. The van der Waals surface area contributed by atoms with Gasteiger partial charge in [0.2, 0.25) is 11.5 Å². The van der Waals surface area contributed by atoms with Crippen LogP contribution in [0.15, 0.2) is 36.4 Å². The second-order valence-corrected chi connectivity index (χ2v) is 5.85. The van der Waals surface area contributed by atoms with E-state index >= 15 is 0 Å². The number of rotatable bonds is 8. The summed E-state index contributed by atoms with van der Waals surface area (Å²) in [4.78, 5) is 0. The average molecular weight is 410 g/mol. The van der Waals surface area contributed by atoms with Crippen molar-refractivity contribution in [1.29, 1.82) is 0 Å². The van der Waals surface area contributed by atoms with Crippen LogP contribution in [0.1, 0.15) is 13.8 Å². The summed E-state index contributed by atoms with van der Waals surface area (Å²) < 4.78 is 26.8. The number of ether oxygens (including phenoxy) is 5. The van der Waals surface area contributed by atoms with Gasteiger partial charge in [0.15, 0.2) is 23.0 Å². The van der Waals surface area contributed by atoms with Gasteiger partial charge in [-0.15, -0.1) is 0 Å². The first-order chi connectivity index (χ1) is 13.9. The van der Waals surface area contributed by atoms with Gasteiger partial charge in [0.1, 0.15) is 13.2 Å². The minimum atomic E-state index is -1.10. The van der Waals surface area contributed by atoms with E-state index in [1.165, 1.54) is 12.1 Å². The summed E-state index contributed by atoms with van der Waals surface area (Å²) in [6.07, 6.45) is 0. The molecule has 2 aromatic carbocycles. The lowest BCUT2D eigenvalue weighted by Crippen LogP contribution is -2.37. The molecule has 0 aromatic heterocycles. The highest BCUT2D eigenvalue weighted by atomic mass is 16.9. The smallest absolute Gasteiger partial charge is 0.369 e. The minimum Gasteiger partial charge on any atom is -0.504 e. The molecule has 160 valence electrons. The predicted molar refractivity (Wildman–Crippen MR) is 103 cm³/mol. The van der Waals surface area contributed by atoms with Crippen molar-refractivity contribution in [2.24, 2.45) is 0 Å². The summed E-state index contributed by atoms with van der Waals surface area (Å²) in [7, 11) is 0. The molecule has 0 aliphatic carbocycles. The summed E-state index contributed by atoms with van der Waals surface area (Å²) in [6, 6.07) is 9.74. The Hall–Kier alpha value is -2.88. The zero-order valence-corrected chi connectivity index (χ0v) is 16.3. The van der Waals surface area contributed by atoms with E-state index in [-0.39, 0.29) is 43.7 Å². The highest BCUT2D eigenvalue weighted by molar-refractivity contribution is 5.53. The predicted octanol–water partition coefficient (Wildman–Crippen LogP) is 2.01. The van der Waals surface area contributed by atoms with Gasteiger partial charge in [0.05, 0.1) is 19.8 Å². The summed E-state index contributed by atoms with van der Waals surface area (Å²) >= 11 is 0. The number of phenols is 2. The number of fused-ring (bicyclic) bond motifs is 1. The maximum Gasteiger partial charge on any atom is 0.369 e. The van der Waals surface area contributed by atoms with E-state index < -0.39 is 5.97 Å². The molecular formula is C20H26O9. The quantitative estimate of drug-likeness (QED) is 0.483. The van der Waals surface area contributed by atoms with E-state index in [4.69, 9.17) is 44.1 Å². The van der Waals surface area contributed by atoms with Crippen LogP contribution in [-0.4, -0.2) is 59.4 Å². The van der Waals surface area contributed by atoms with Gasteiger partial charge in [-0.3, -0.25) is 0 Å². The van der Waals surface area contributed by atoms with E-state index in [1.807, 2.05) is 6.92 Å². The summed E-state index contributed by atoms with van der Waals surface area (Å²) in [5, 5.41) is 35.3. The third-order valence-corrected chi connectivity index (χ3v) is 3.61. The molecule has 29 heavy (non-hydrogen) atoms. The van der Waals surface area contributed by atoms with Crippen molar-refractivity contribution in [2.75, 3.05) is 33.0 Å². The Bertz CT molecular complexity index is 781. The average Bonchev–Trinajstić information content (AvgIpc) is 3.05. The molecule has 1 aliphatic rings. The highest BCUT2D eigenvalue weighted by Gasteiger charge is 2.39. The third-order valence-electron chi connectivity index (χ3n) is 3.61. The van der Waals surface area contributed by atoms with Gasteiger partial charge in [0.25, 0.3) is 0 Å². The molecule has 0 fully saturated rings. The molecule has 9 nitrogen and oxygen atoms in total. The van der Waals surface area contributed by atoms with Crippen molar-refractivity contribution in [2.45, 2.75) is 19.8 Å². The minimum absolute atomic E-state index is 0.0484. The number of aliphatic hydroxyl groups is 2. The maximum absolute atomic E-state index is 9.17. The third kappa shape index (κ3) is 6.05. The van der Waals surface area contributed by atoms with Gasteiger partial charge in [0, 0.05) is 6.92 Å². The molecule has 0 bridgehead atoms. The van der Waals surface area contributed by atoms with E-state index in [1.54, 1.807) is 31.2 Å². The molecule has 0 amide bonds. The zero-order chi connectivity index (χ0) is 21.3. The number of benzene rings is 2. The monoisotopic (exact) mass is 410 g/mol. The number of hydrogen-bond donors (Lipinski definition) is 4. The van der Waals surface area contributed by atoms with Gasteiger partial charge in [-0.25, -0.2) is 0 Å². The first kappa shape index (κ1) is 22.4. The van der Waals surface area contributed by atoms with E-state index in [2.05, 4.69) is 0 Å². The molecular weight excluding hydrogens is 384 g/mol. The number of hydrogen-bond acceptors (Lipinski definition) is 9. The van der Waals surface area contributed by atoms with Crippen molar-refractivity contribution in [3.05, 3.63) is 36.4 Å². The number of aromatic hydroxyl groups is 2. The molecule has 4 N–H and O–H groups in total. The summed E-state index contributed by atoms with van der Waals surface area (Å²) in [5.41, 5.74) is 0. The Morgan fingerprint density at radius 3 is 2.17 bits per heavy atom. The second-order valence-electron chi connectivity index (χ2n) is 5.85. The van der Waals surface area contributed by atoms with Gasteiger partial charge in [-0.2, -0.15) is 0 Å². The number of para-hydroxylation sites is 2. The summed E-state index contributed by atoms with van der Waals surface area (Å²) in [5.74, 6) is 0.171. The molecule has 0 saturated carbocycles. The first-order valence-electron chi connectivity index (χ1n) is 9.07. The Balaban J connectivity index is 0.000000221. The highest BCUT2D eigenvalue weighted by Crippen LogP contribution is 2.46. The van der Waals surface area contributed by atoms with Crippen molar-refractivity contribution in [3.63, 3.8) is 0 Å². The van der Waals surface area contributed by atoms with Gasteiger partial charge < -0.3 is 44.1 Å². The van der Waals surface area contributed by atoms with Crippen molar-refractivity contribution in [1.82, 2.24) is 0 Å². The molecule has 0 radical (unpaired) electrons. The molecule has 9 heteroatoms. The van der Waals surface area contributed by atoms with Gasteiger partial charge in [-0.1, -0.05) is 12.1 Å². The van der Waals surface area contributed by atoms with Crippen LogP contribution in [0.5, 0.6) is 34.5 Å². The summed E-state index contributed by atoms with van der Waals surface area (Å²) in [6.45, 7) is 4.18. The van der Waals surface area contributed by atoms with Crippen LogP contribution in [-0.2, 0) is 4.74 Å². The molecule has 0 spiro atoms. The van der Waals surface area contributed by atoms with Crippen LogP contribution in [0.25, 0.3) is 0 Å². The second kappa shape index (κ2) is 10.6.